The van der Waals surface area contributed by atoms with Gasteiger partial charge >= 0.3 is 0 Å². The summed E-state index contributed by atoms with van der Waals surface area (Å²) in [5.41, 5.74) is 0.852. The van der Waals surface area contributed by atoms with Gasteiger partial charge in [-0.05, 0) is 25.0 Å². The van der Waals surface area contributed by atoms with Crippen molar-refractivity contribution in [1.82, 2.24) is 0 Å². The predicted octanol–water partition coefficient (Wildman–Crippen LogP) is 4.90. The molecule has 3 rings (SSSR count). The molecule has 2 fully saturated rings. The van der Waals surface area contributed by atoms with Crippen molar-refractivity contribution in [3.05, 3.63) is 33.8 Å². The maximum atomic E-state index is 6.31. The molecular formula is C14H15BrCl2O2. The molecule has 5 heteroatoms. The molecule has 0 bridgehead atoms. The number of hydrogen-bond donors (Lipinski definition) is 0. The lowest BCUT2D eigenvalue weighted by Gasteiger charge is -2.27. The van der Waals surface area contributed by atoms with Gasteiger partial charge in [-0.3, -0.25) is 0 Å². The second-order valence-corrected chi connectivity index (χ2v) is 6.51. The first kappa shape index (κ1) is 14.2. The number of ether oxygens (including phenoxy) is 2. The predicted molar refractivity (Wildman–Crippen MR) is 80.1 cm³/mol. The van der Waals surface area contributed by atoms with E-state index in [9.17, 15) is 0 Å². The molecule has 1 saturated carbocycles. The van der Waals surface area contributed by atoms with E-state index < -0.39 is 5.79 Å². The average molecular weight is 366 g/mol. The Morgan fingerprint density at radius 1 is 1.16 bits per heavy atom. The lowest BCUT2D eigenvalue weighted by molar-refractivity contribution is -0.163. The molecule has 2 aliphatic rings. The van der Waals surface area contributed by atoms with E-state index in [1.54, 1.807) is 6.07 Å². The Hall–Kier alpha value is 0.200. The van der Waals surface area contributed by atoms with Crippen LogP contribution in [0.2, 0.25) is 10.0 Å². The van der Waals surface area contributed by atoms with Crippen molar-refractivity contribution in [3.8, 4) is 0 Å². The average Bonchev–Trinajstić information content (AvgIpc) is 2.78. The lowest BCUT2D eigenvalue weighted by atomic mass is 9.95. The van der Waals surface area contributed by atoms with Crippen LogP contribution in [0.1, 0.15) is 31.2 Å². The Bertz CT molecular complexity index is 467. The van der Waals surface area contributed by atoms with Crippen molar-refractivity contribution in [2.24, 2.45) is 0 Å². The summed E-state index contributed by atoms with van der Waals surface area (Å²) in [7, 11) is 0. The first-order valence-corrected chi connectivity index (χ1v) is 8.39. The summed E-state index contributed by atoms with van der Waals surface area (Å²) in [4.78, 5) is 0. The lowest BCUT2D eigenvalue weighted by Crippen LogP contribution is -2.30. The summed E-state index contributed by atoms with van der Waals surface area (Å²) < 4.78 is 12.4. The van der Waals surface area contributed by atoms with E-state index in [0.29, 0.717) is 15.4 Å². The highest BCUT2D eigenvalue weighted by Crippen LogP contribution is 2.46. The Kier molecular flexibility index (Phi) is 4.12. The summed E-state index contributed by atoms with van der Waals surface area (Å²) in [6, 6.07) is 5.45. The first-order chi connectivity index (χ1) is 9.14. The molecule has 1 aromatic carbocycles. The van der Waals surface area contributed by atoms with Crippen LogP contribution in [0.5, 0.6) is 0 Å². The molecule has 0 N–H and O–H groups in total. The van der Waals surface area contributed by atoms with Crippen molar-refractivity contribution in [1.29, 1.82) is 0 Å². The summed E-state index contributed by atoms with van der Waals surface area (Å²) in [5.74, 6) is -0.776. The Morgan fingerprint density at radius 2 is 1.79 bits per heavy atom. The fourth-order valence-corrected chi connectivity index (χ4v) is 4.03. The van der Waals surface area contributed by atoms with Crippen LogP contribution < -0.4 is 0 Å². The molecule has 1 aliphatic heterocycles. The van der Waals surface area contributed by atoms with E-state index in [0.717, 1.165) is 18.4 Å². The van der Waals surface area contributed by atoms with E-state index >= 15 is 0 Å². The van der Waals surface area contributed by atoms with Crippen LogP contribution in [-0.2, 0) is 15.3 Å². The van der Waals surface area contributed by atoms with Gasteiger partial charge < -0.3 is 9.47 Å². The first-order valence-electron chi connectivity index (χ1n) is 6.52. The molecular weight excluding hydrogens is 351 g/mol. The molecule has 0 spiro atoms. The fraction of sp³-hybridized carbons (Fsp3) is 0.571. The largest absolute Gasteiger partial charge is 0.339 e. The standard InChI is InChI=1S/C14H15BrCl2O2/c15-8-14(10-6-5-9(16)7-11(10)17)18-12-3-1-2-4-13(12)19-14/h5-7,12-13H,1-4,8H2. The summed E-state index contributed by atoms with van der Waals surface area (Å²) >= 11 is 15.8. The molecule has 2 nitrogen and oxygen atoms in total. The van der Waals surface area contributed by atoms with Crippen molar-refractivity contribution in [3.63, 3.8) is 0 Å². The molecule has 19 heavy (non-hydrogen) atoms. The Morgan fingerprint density at radius 3 is 2.32 bits per heavy atom. The number of alkyl halides is 1. The minimum Gasteiger partial charge on any atom is -0.339 e. The number of hydrogen-bond acceptors (Lipinski definition) is 2. The fourth-order valence-electron chi connectivity index (χ4n) is 2.91. The van der Waals surface area contributed by atoms with Gasteiger partial charge in [-0.1, -0.05) is 58.0 Å². The summed E-state index contributed by atoms with van der Waals surface area (Å²) in [6.07, 6.45) is 4.89. The third-order valence-corrected chi connectivity index (χ3v) is 5.13. The van der Waals surface area contributed by atoms with Gasteiger partial charge in [-0.25, -0.2) is 0 Å². The summed E-state index contributed by atoms with van der Waals surface area (Å²) in [5, 5.41) is 1.77. The van der Waals surface area contributed by atoms with Gasteiger partial charge in [0.05, 0.1) is 22.6 Å². The van der Waals surface area contributed by atoms with Crippen molar-refractivity contribution >= 4 is 39.1 Å². The molecule has 1 heterocycles. The van der Waals surface area contributed by atoms with Crippen molar-refractivity contribution in [2.75, 3.05) is 5.33 Å². The minimum absolute atomic E-state index is 0.179. The van der Waals surface area contributed by atoms with E-state index in [-0.39, 0.29) is 12.2 Å². The molecule has 0 amide bonds. The van der Waals surface area contributed by atoms with E-state index in [2.05, 4.69) is 15.9 Å². The van der Waals surface area contributed by atoms with Crippen LogP contribution in [0.4, 0.5) is 0 Å². The van der Waals surface area contributed by atoms with Gasteiger partial charge in [0, 0.05) is 10.6 Å². The van der Waals surface area contributed by atoms with Gasteiger partial charge in [0.15, 0.2) is 0 Å². The van der Waals surface area contributed by atoms with Crippen LogP contribution >= 0.6 is 39.1 Å². The SMILES string of the molecule is Clc1ccc(C2(CBr)OC3CCCCC3O2)c(Cl)c1. The van der Waals surface area contributed by atoms with Crippen LogP contribution in [0, 0.1) is 0 Å². The van der Waals surface area contributed by atoms with E-state index in [1.807, 2.05) is 12.1 Å². The Balaban J connectivity index is 1.95. The summed E-state index contributed by atoms with van der Waals surface area (Å²) in [6.45, 7) is 0. The molecule has 2 unspecified atom stereocenters. The van der Waals surface area contributed by atoms with Gasteiger partial charge in [-0.15, -0.1) is 0 Å². The number of fused-ring (bicyclic) bond motifs is 1. The zero-order chi connectivity index (χ0) is 13.5. The smallest absolute Gasteiger partial charge is 0.206 e. The van der Waals surface area contributed by atoms with Gasteiger partial charge in [-0.2, -0.15) is 0 Å². The maximum absolute atomic E-state index is 6.31. The van der Waals surface area contributed by atoms with Crippen LogP contribution in [0.15, 0.2) is 18.2 Å². The topological polar surface area (TPSA) is 18.5 Å². The van der Waals surface area contributed by atoms with Gasteiger partial charge in [0.2, 0.25) is 5.79 Å². The quantitative estimate of drug-likeness (QED) is 0.694. The van der Waals surface area contributed by atoms with Gasteiger partial charge in [0.1, 0.15) is 0 Å². The molecule has 0 aromatic heterocycles. The highest BCUT2D eigenvalue weighted by atomic mass is 79.9. The molecule has 1 aliphatic carbocycles. The maximum Gasteiger partial charge on any atom is 0.206 e. The third kappa shape index (κ3) is 2.56. The monoisotopic (exact) mass is 364 g/mol. The van der Waals surface area contributed by atoms with E-state index in [4.69, 9.17) is 32.7 Å². The highest BCUT2D eigenvalue weighted by molar-refractivity contribution is 9.09. The molecule has 0 radical (unpaired) electrons. The van der Waals surface area contributed by atoms with Gasteiger partial charge in [0.25, 0.3) is 0 Å². The zero-order valence-corrected chi connectivity index (χ0v) is 13.5. The molecule has 104 valence electrons. The molecule has 1 saturated heterocycles. The molecule has 2 atom stereocenters. The zero-order valence-electron chi connectivity index (χ0n) is 10.4. The Labute approximate surface area is 131 Å². The minimum atomic E-state index is -0.776. The number of benzene rings is 1. The van der Waals surface area contributed by atoms with E-state index in [1.165, 1.54) is 12.8 Å². The number of halogens is 3. The van der Waals surface area contributed by atoms with Crippen molar-refractivity contribution in [2.45, 2.75) is 43.7 Å². The van der Waals surface area contributed by atoms with Crippen LogP contribution in [-0.4, -0.2) is 17.5 Å². The second-order valence-electron chi connectivity index (χ2n) is 5.11. The molecule has 1 aromatic rings. The van der Waals surface area contributed by atoms with Crippen LogP contribution in [0.3, 0.4) is 0 Å². The van der Waals surface area contributed by atoms with Crippen LogP contribution in [0.25, 0.3) is 0 Å². The number of rotatable bonds is 2. The van der Waals surface area contributed by atoms with Crippen molar-refractivity contribution < 1.29 is 9.47 Å². The second kappa shape index (κ2) is 5.53. The normalized spacial score (nSPS) is 34.3. The third-order valence-electron chi connectivity index (χ3n) is 3.84. The highest BCUT2D eigenvalue weighted by Gasteiger charge is 2.49.